The Kier molecular flexibility index (Phi) is 5.21. The molecule has 0 aliphatic heterocycles. The molecule has 0 aliphatic carbocycles. The summed E-state index contributed by atoms with van der Waals surface area (Å²) in [5, 5.41) is 2.26. The van der Waals surface area contributed by atoms with Crippen LogP contribution < -0.4 is 4.74 Å². The molecule has 21 heavy (non-hydrogen) atoms. The Labute approximate surface area is 124 Å². The number of aromatic nitrogens is 1. The van der Waals surface area contributed by atoms with E-state index >= 15 is 0 Å². The van der Waals surface area contributed by atoms with Crippen molar-refractivity contribution in [3.63, 3.8) is 0 Å². The number of carbonyl (C=O) groups excluding carboxylic acids is 1. The number of alkyl halides is 2. The molecule has 0 fully saturated rings. The van der Waals surface area contributed by atoms with E-state index in [9.17, 15) is 13.6 Å². The average Bonchev–Trinajstić information content (AvgIpc) is 2.87. The van der Waals surface area contributed by atoms with Crippen LogP contribution >= 0.6 is 11.3 Å². The second-order valence-corrected chi connectivity index (χ2v) is 4.93. The summed E-state index contributed by atoms with van der Waals surface area (Å²) < 4.78 is 34.1. The van der Waals surface area contributed by atoms with Gasteiger partial charge < -0.3 is 9.47 Å². The molecule has 2 rings (SSSR count). The lowest BCUT2D eigenvalue weighted by molar-refractivity contribution is -0.142. The first-order chi connectivity index (χ1) is 10.1. The van der Waals surface area contributed by atoms with Crippen molar-refractivity contribution in [3.05, 3.63) is 34.7 Å². The van der Waals surface area contributed by atoms with Gasteiger partial charge in [-0.25, -0.2) is 4.98 Å². The van der Waals surface area contributed by atoms with E-state index in [1.54, 1.807) is 30.5 Å². The third kappa shape index (κ3) is 4.22. The number of hydrogen-bond donors (Lipinski definition) is 0. The number of halogens is 2. The molecule has 0 N–H and O–H groups in total. The van der Waals surface area contributed by atoms with E-state index in [1.807, 2.05) is 0 Å². The highest BCUT2D eigenvalue weighted by molar-refractivity contribution is 7.10. The Hall–Kier alpha value is -2.02. The number of rotatable bonds is 6. The number of esters is 1. The molecule has 0 bridgehead atoms. The molecule has 0 aliphatic rings. The van der Waals surface area contributed by atoms with E-state index in [-0.39, 0.29) is 18.1 Å². The zero-order chi connectivity index (χ0) is 15.2. The van der Waals surface area contributed by atoms with E-state index in [0.29, 0.717) is 22.9 Å². The Morgan fingerprint density at radius 2 is 2.14 bits per heavy atom. The van der Waals surface area contributed by atoms with Gasteiger partial charge in [-0.05, 0) is 19.1 Å². The Morgan fingerprint density at radius 3 is 2.86 bits per heavy atom. The average molecular weight is 313 g/mol. The number of para-hydroxylation sites is 1. The van der Waals surface area contributed by atoms with Crippen LogP contribution in [-0.4, -0.2) is 24.2 Å². The van der Waals surface area contributed by atoms with Gasteiger partial charge in [-0.15, -0.1) is 11.3 Å². The first-order valence-electron chi connectivity index (χ1n) is 6.24. The molecule has 2 aromatic rings. The summed E-state index contributed by atoms with van der Waals surface area (Å²) >= 11 is 1.27. The molecule has 4 nitrogen and oxygen atoms in total. The minimum absolute atomic E-state index is 0.0560. The predicted molar refractivity (Wildman–Crippen MR) is 74.5 cm³/mol. The van der Waals surface area contributed by atoms with Crippen LogP contribution in [0.1, 0.15) is 11.9 Å². The molecule has 1 heterocycles. The number of nitrogens with zero attached hydrogens (tertiary/aromatic N) is 1. The molecule has 0 saturated heterocycles. The molecule has 0 unspecified atom stereocenters. The molecule has 1 aromatic heterocycles. The fourth-order valence-corrected chi connectivity index (χ4v) is 2.51. The third-order valence-corrected chi connectivity index (χ3v) is 3.38. The molecule has 1 aromatic carbocycles. The van der Waals surface area contributed by atoms with Crippen molar-refractivity contribution in [1.29, 1.82) is 0 Å². The molecular formula is C14H13F2NO3S. The summed E-state index contributed by atoms with van der Waals surface area (Å²) in [4.78, 5) is 15.7. The highest BCUT2D eigenvalue weighted by Crippen LogP contribution is 2.31. The van der Waals surface area contributed by atoms with E-state index in [1.165, 1.54) is 17.4 Å². The van der Waals surface area contributed by atoms with Gasteiger partial charge in [-0.1, -0.05) is 12.1 Å². The number of ether oxygens (including phenoxy) is 2. The lowest BCUT2D eigenvalue weighted by Crippen LogP contribution is -2.07. The van der Waals surface area contributed by atoms with Gasteiger partial charge in [0.05, 0.1) is 18.7 Å². The molecule has 0 saturated carbocycles. The van der Waals surface area contributed by atoms with Gasteiger partial charge in [0.25, 0.3) is 0 Å². The zero-order valence-electron chi connectivity index (χ0n) is 11.2. The maximum absolute atomic E-state index is 12.4. The van der Waals surface area contributed by atoms with Crippen molar-refractivity contribution in [2.24, 2.45) is 0 Å². The lowest BCUT2D eigenvalue weighted by atomic mass is 10.1. The molecule has 7 heteroatoms. The summed E-state index contributed by atoms with van der Waals surface area (Å²) in [6.07, 6.45) is 0.0659. The summed E-state index contributed by atoms with van der Waals surface area (Å²) in [7, 11) is 0. The normalized spacial score (nSPS) is 10.7. The van der Waals surface area contributed by atoms with E-state index < -0.39 is 6.61 Å². The summed E-state index contributed by atoms with van der Waals surface area (Å²) in [6.45, 7) is -0.866. The molecule has 112 valence electrons. The highest BCUT2D eigenvalue weighted by atomic mass is 32.1. The number of benzene rings is 1. The maximum Gasteiger partial charge on any atom is 0.387 e. The van der Waals surface area contributed by atoms with E-state index in [0.717, 1.165) is 0 Å². The standard InChI is InChI=1S/C14H13F2NO3S/c1-2-19-13(18)7-12-17-10(8-21-12)9-5-3-4-6-11(9)20-14(15)16/h3-6,8,14H,2,7H2,1H3. The van der Waals surface area contributed by atoms with Crippen molar-refractivity contribution >= 4 is 17.3 Å². The van der Waals surface area contributed by atoms with Crippen LogP contribution in [0.25, 0.3) is 11.3 Å². The quantitative estimate of drug-likeness (QED) is 0.766. The minimum atomic E-state index is -2.90. The molecule has 0 radical (unpaired) electrons. The number of carbonyl (C=O) groups is 1. The van der Waals surface area contributed by atoms with Crippen molar-refractivity contribution in [3.8, 4) is 17.0 Å². The molecule has 0 spiro atoms. The minimum Gasteiger partial charge on any atom is -0.466 e. The Balaban J connectivity index is 2.19. The van der Waals surface area contributed by atoms with Gasteiger partial charge in [0.1, 0.15) is 10.8 Å². The van der Waals surface area contributed by atoms with Crippen molar-refractivity contribution in [1.82, 2.24) is 4.98 Å². The van der Waals surface area contributed by atoms with Crippen LogP contribution in [0.15, 0.2) is 29.6 Å². The second kappa shape index (κ2) is 7.12. The van der Waals surface area contributed by atoms with Crippen LogP contribution in [0.4, 0.5) is 8.78 Å². The number of hydrogen-bond acceptors (Lipinski definition) is 5. The Morgan fingerprint density at radius 1 is 1.38 bits per heavy atom. The van der Waals surface area contributed by atoms with Crippen molar-refractivity contribution in [2.45, 2.75) is 20.0 Å². The van der Waals surface area contributed by atoms with Crippen LogP contribution in [0.5, 0.6) is 5.75 Å². The molecular weight excluding hydrogens is 300 g/mol. The van der Waals surface area contributed by atoms with Crippen molar-refractivity contribution in [2.75, 3.05) is 6.61 Å². The van der Waals surface area contributed by atoms with Crippen molar-refractivity contribution < 1.29 is 23.0 Å². The lowest BCUT2D eigenvalue weighted by Gasteiger charge is -2.08. The Bertz CT molecular complexity index is 616. The van der Waals surface area contributed by atoms with Crippen LogP contribution in [0, 0.1) is 0 Å². The maximum atomic E-state index is 12.4. The van der Waals surface area contributed by atoms with E-state index in [2.05, 4.69) is 9.72 Å². The smallest absolute Gasteiger partial charge is 0.387 e. The predicted octanol–water partition coefficient (Wildman–Crippen LogP) is 3.52. The topological polar surface area (TPSA) is 48.4 Å². The van der Waals surface area contributed by atoms with Gasteiger partial charge in [-0.2, -0.15) is 8.78 Å². The van der Waals surface area contributed by atoms with Crippen LogP contribution in [0.3, 0.4) is 0 Å². The first kappa shape index (κ1) is 15.4. The second-order valence-electron chi connectivity index (χ2n) is 3.98. The van der Waals surface area contributed by atoms with Crippen LogP contribution in [-0.2, 0) is 16.0 Å². The van der Waals surface area contributed by atoms with Gasteiger partial charge in [-0.3, -0.25) is 4.79 Å². The van der Waals surface area contributed by atoms with Crippen LogP contribution in [0.2, 0.25) is 0 Å². The van der Waals surface area contributed by atoms with E-state index in [4.69, 9.17) is 4.74 Å². The fourth-order valence-electron chi connectivity index (χ4n) is 1.73. The molecule has 0 amide bonds. The number of thiazole rings is 1. The monoisotopic (exact) mass is 313 g/mol. The fraction of sp³-hybridized carbons (Fsp3) is 0.286. The first-order valence-corrected chi connectivity index (χ1v) is 7.12. The summed E-state index contributed by atoms with van der Waals surface area (Å²) in [6, 6.07) is 6.40. The van der Waals surface area contributed by atoms with Gasteiger partial charge in [0, 0.05) is 10.9 Å². The van der Waals surface area contributed by atoms with Gasteiger partial charge in [0.2, 0.25) is 0 Å². The zero-order valence-corrected chi connectivity index (χ0v) is 12.0. The van der Waals surface area contributed by atoms with Gasteiger partial charge >= 0.3 is 12.6 Å². The summed E-state index contributed by atoms with van der Waals surface area (Å²) in [5.41, 5.74) is 0.958. The largest absolute Gasteiger partial charge is 0.466 e. The van der Waals surface area contributed by atoms with Gasteiger partial charge in [0.15, 0.2) is 0 Å². The highest BCUT2D eigenvalue weighted by Gasteiger charge is 2.14. The third-order valence-electron chi connectivity index (χ3n) is 2.53. The SMILES string of the molecule is CCOC(=O)Cc1nc(-c2ccccc2OC(F)F)cs1. The molecule has 0 atom stereocenters. The summed E-state index contributed by atoms with van der Waals surface area (Å²) in [5.74, 6) is -0.309.